The van der Waals surface area contributed by atoms with E-state index in [1.165, 1.54) is 0 Å². The second-order valence-corrected chi connectivity index (χ2v) is 3.07. The van der Waals surface area contributed by atoms with Crippen LogP contribution in [0, 0.1) is 6.92 Å². The van der Waals surface area contributed by atoms with E-state index in [-0.39, 0.29) is 5.56 Å². The second-order valence-electron chi connectivity index (χ2n) is 3.07. The van der Waals surface area contributed by atoms with E-state index in [9.17, 15) is 4.79 Å². The second kappa shape index (κ2) is 3.14. The number of nitrogens with one attached hydrogen (secondary N) is 1. The van der Waals surface area contributed by atoms with Crippen LogP contribution in [0.5, 0.6) is 5.88 Å². The Morgan fingerprint density at radius 2 is 2.21 bits per heavy atom. The van der Waals surface area contributed by atoms with Crippen LogP contribution in [0.25, 0.3) is 11.0 Å². The van der Waals surface area contributed by atoms with Gasteiger partial charge in [-0.05, 0) is 19.1 Å². The topological polar surface area (TPSA) is 55.0 Å². The van der Waals surface area contributed by atoms with Crippen molar-refractivity contribution in [2.45, 2.75) is 6.92 Å². The zero-order chi connectivity index (χ0) is 10.1. The van der Waals surface area contributed by atoms with Crippen LogP contribution >= 0.6 is 0 Å². The normalized spacial score (nSPS) is 10.4. The number of aromatic amines is 1. The number of rotatable bonds is 1. The molecule has 0 fully saturated rings. The summed E-state index contributed by atoms with van der Waals surface area (Å²) < 4.78 is 4.96. The molecule has 0 aromatic carbocycles. The molecular weight excluding hydrogens is 180 g/mol. The van der Waals surface area contributed by atoms with Gasteiger partial charge >= 0.3 is 0 Å². The third-order valence-electron chi connectivity index (χ3n) is 2.07. The van der Waals surface area contributed by atoms with Gasteiger partial charge in [-0.1, -0.05) is 0 Å². The lowest BCUT2D eigenvalue weighted by atomic mass is 10.2. The highest BCUT2D eigenvalue weighted by Crippen LogP contribution is 2.13. The number of methoxy groups -OCH3 is 1. The minimum atomic E-state index is -0.113. The van der Waals surface area contributed by atoms with E-state index in [0.29, 0.717) is 17.1 Å². The Labute approximate surface area is 80.6 Å². The molecule has 14 heavy (non-hydrogen) atoms. The molecule has 4 heteroatoms. The van der Waals surface area contributed by atoms with Crippen molar-refractivity contribution < 1.29 is 4.74 Å². The monoisotopic (exact) mass is 190 g/mol. The molecule has 0 amide bonds. The molecule has 0 aliphatic rings. The van der Waals surface area contributed by atoms with Gasteiger partial charge in [-0.3, -0.25) is 4.79 Å². The molecule has 0 radical (unpaired) electrons. The third-order valence-corrected chi connectivity index (χ3v) is 2.07. The van der Waals surface area contributed by atoms with Crippen LogP contribution in [0.2, 0.25) is 0 Å². The van der Waals surface area contributed by atoms with Crippen LogP contribution in [-0.4, -0.2) is 17.1 Å². The lowest BCUT2D eigenvalue weighted by Crippen LogP contribution is -2.09. The van der Waals surface area contributed by atoms with Crippen molar-refractivity contribution in [1.29, 1.82) is 0 Å². The summed E-state index contributed by atoms with van der Waals surface area (Å²) in [5.41, 5.74) is 1.13. The summed E-state index contributed by atoms with van der Waals surface area (Å²) in [5.74, 6) is 0.497. The molecular formula is C10H10N2O2. The maximum atomic E-state index is 11.3. The highest BCUT2D eigenvalue weighted by Gasteiger charge is 2.00. The van der Waals surface area contributed by atoms with Gasteiger partial charge in [0, 0.05) is 17.0 Å². The van der Waals surface area contributed by atoms with Crippen molar-refractivity contribution in [3.8, 4) is 5.88 Å². The maximum absolute atomic E-state index is 11.3. The average molecular weight is 190 g/mol. The zero-order valence-corrected chi connectivity index (χ0v) is 8.00. The largest absolute Gasteiger partial charge is 0.481 e. The summed E-state index contributed by atoms with van der Waals surface area (Å²) >= 11 is 0. The number of aromatic nitrogens is 2. The van der Waals surface area contributed by atoms with Gasteiger partial charge in [0.25, 0.3) is 5.56 Å². The molecule has 2 heterocycles. The average Bonchev–Trinajstić information content (AvgIpc) is 2.19. The Kier molecular flexibility index (Phi) is 1.96. The molecule has 2 rings (SSSR count). The van der Waals surface area contributed by atoms with Crippen molar-refractivity contribution in [2.75, 3.05) is 7.11 Å². The summed E-state index contributed by atoms with van der Waals surface area (Å²) in [6, 6.07) is 5.44. The first kappa shape index (κ1) is 8.74. The van der Waals surface area contributed by atoms with Gasteiger partial charge in [0.05, 0.1) is 7.11 Å². The molecule has 0 unspecified atom stereocenters. The Bertz CT molecular complexity index is 531. The molecule has 0 atom stereocenters. The summed E-state index contributed by atoms with van der Waals surface area (Å²) in [6.45, 7) is 1.77. The number of ether oxygens (including phenoxy) is 1. The fraction of sp³-hybridized carbons (Fsp3) is 0.200. The number of nitrogens with zero attached hydrogens (tertiary/aromatic N) is 1. The smallest absolute Gasteiger partial charge is 0.252 e. The molecule has 0 saturated heterocycles. The lowest BCUT2D eigenvalue weighted by molar-refractivity contribution is 0.399. The SMILES string of the molecule is COc1ccc2cc(C)c(=O)[nH]c2n1. The summed E-state index contributed by atoms with van der Waals surface area (Å²) in [7, 11) is 1.54. The van der Waals surface area contributed by atoms with Crippen molar-refractivity contribution in [3.63, 3.8) is 0 Å². The van der Waals surface area contributed by atoms with Crippen LogP contribution in [0.4, 0.5) is 0 Å². The van der Waals surface area contributed by atoms with E-state index in [2.05, 4.69) is 9.97 Å². The van der Waals surface area contributed by atoms with E-state index in [1.807, 2.05) is 6.07 Å². The number of fused-ring (bicyclic) bond motifs is 1. The minimum absolute atomic E-state index is 0.113. The molecule has 72 valence electrons. The fourth-order valence-corrected chi connectivity index (χ4v) is 1.29. The van der Waals surface area contributed by atoms with Crippen molar-refractivity contribution >= 4 is 11.0 Å². The van der Waals surface area contributed by atoms with Gasteiger partial charge in [-0.15, -0.1) is 0 Å². The molecule has 2 aromatic rings. The number of aryl methyl sites for hydroxylation is 1. The van der Waals surface area contributed by atoms with Crippen LogP contribution < -0.4 is 10.3 Å². The number of H-pyrrole nitrogens is 1. The van der Waals surface area contributed by atoms with Gasteiger partial charge in [0.1, 0.15) is 5.65 Å². The van der Waals surface area contributed by atoms with Gasteiger partial charge in [0.15, 0.2) is 0 Å². The Morgan fingerprint density at radius 1 is 1.43 bits per heavy atom. The molecule has 0 bridgehead atoms. The zero-order valence-electron chi connectivity index (χ0n) is 8.00. The van der Waals surface area contributed by atoms with E-state index in [1.54, 1.807) is 26.2 Å². The van der Waals surface area contributed by atoms with Crippen LogP contribution in [-0.2, 0) is 0 Å². The van der Waals surface area contributed by atoms with Crippen molar-refractivity contribution in [1.82, 2.24) is 9.97 Å². The molecule has 4 nitrogen and oxygen atoms in total. The van der Waals surface area contributed by atoms with E-state index in [4.69, 9.17) is 4.74 Å². The lowest BCUT2D eigenvalue weighted by Gasteiger charge is -2.01. The Hall–Kier alpha value is -1.84. The first-order chi connectivity index (χ1) is 6.70. The highest BCUT2D eigenvalue weighted by molar-refractivity contribution is 5.75. The summed E-state index contributed by atoms with van der Waals surface area (Å²) in [5, 5.41) is 0.905. The molecule has 1 N–H and O–H groups in total. The summed E-state index contributed by atoms with van der Waals surface area (Å²) in [4.78, 5) is 18.1. The van der Waals surface area contributed by atoms with Gasteiger partial charge in [0.2, 0.25) is 5.88 Å². The summed E-state index contributed by atoms with van der Waals surface area (Å²) in [6.07, 6.45) is 0. The molecule has 2 aromatic heterocycles. The van der Waals surface area contributed by atoms with Crippen LogP contribution in [0.1, 0.15) is 5.56 Å². The predicted molar refractivity (Wildman–Crippen MR) is 53.7 cm³/mol. The minimum Gasteiger partial charge on any atom is -0.481 e. The fourth-order valence-electron chi connectivity index (χ4n) is 1.29. The van der Waals surface area contributed by atoms with Gasteiger partial charge < -0.3 is 9.72 Å². The Morgan fingerprint density at radius 3 is 2.93 bits per heavy atom. The molecule has 0 saturated carbocycles. The number of hydrogen-bond donors (Lipinski definition) is 1. The van der Waals surface area contributed by atoms with Crippen LogP contribution in [0.15, 0.2) is 23.0 Å². The van der Waals surface area contributed by atoms with E-state index < -0.39 is 0 Å². The van der Waals surface area contributed by atoms with E-state index in [0.717, 1.165) is 5.39 Å². The maximum Gasteiger partial charge on any atom is 0.252 e. The first-order valence-electron chi connectivity index (χ1n) is 4.25. The molecule has 0 aliphatic heterocycles. The van der Waals surface area contributed by atoms with Gasteiger partial charge in [-0.2, -0.15) is 4.98 Å². The number of hydrogen-bond acceptors (Lipinski definition) is 3. The number of pyridine rings is 2. The predicted octanol–water partition coefficient (Wildman–Crippen LogP) is 1.24. The third kappa shape index (κ3) is 1.35. The van der Waals surface area contributed by atoms with Crippen molar-refractivity contribution in [2.24, 2.45) is 0 Å². The van der Waals surface area contributed by atoms with E-state index >= 15 is 0 Å². The van der Waals surface area contributed by atoms with Crippen molar-refractivity contribution in [3.05, 3.63) is 34.1 Å². The Balaban J connectivity index is 2.77. The van der Waals surface area contributed by atoms with Crippen LogP contribution in [0.3, 0.4) is 0 Å². The first-order valence-corrected chi connectivity index (χ1v) is 4.25. The highest BCUT2D eigenvalue weighted by atomic mass is 16.5. The van der Waals surface area contributed by atoms with Gasteiger partial charge in [-0.25, -0.2) is 0 Å². The molecule has 0 aliphatic carbocycles. The molecule has 0 spiro atoms. The quantitative estimate of drug-likeness (QED) is 0.736. The standard InChI is InChI=1S/C10H10N2O2/c1-6-5-7-3-4-8(14-2)11-9(7)12-10(6)13/h3-5H,1-2H3,(H,11,12,13).